The van der Waals surface area contributed by atoms with Gasteiger partial charge in [-0.15, -0.1) is 0 Å². The Labute approximate surface area is 274 Å². The third-order valence-corrected chi connectivity index (χ3v) is 8.56. The number of carbonyl (C=O) groups excluding carboxylic acids is 2. The minimum Gasteiger partial charge on any atom is -0.508 e. The van der Waals surface area contributed by atoms with E-state index < -0.39 is 5.91 Å². The lowest BCUT2D eigenvalue weighted by Crippen LogP contribution is -2.36. The van der Waals surface area contributed by atoms with E-state index in [0.29, 0.717) is 18.4 Å². The second-order valence-electron chi connectivity index (χ2n) is 11.9. The van der Waals surface area contributed by atoms with Gasteiger partial charge in [-0.05, 0) is 75.4 Å². The number of nitrogens with zero attached hydrogens (tertiary/aromatic N) is 2. The fourth-order valence-electron chi connectivity index (χ4n) is 5.85. The predicted molar refractivity (Wildman–Crippen MR) is 183 cm³/mol. The summed E-state index contributed by atoms with van der Waals surface area (Å²) in [4.78, 5) is 41.8. The van der Waals surface area contributed by atoms with Gasteiger partial charge in [-0.2, -0.15) is 0 Å². The van der Waals surface area contributed by atoms with Gasteiger partial charge in [0.15, 0.2) is 11.2 Å². The van der Waals surface area contributed by atoms with Crippen molar-refractivity contribution in [2.45, 2.75) is 58.5 Å². The Hall–Kier alpha value is -4.56. The third-order valence-electron chi connectivity index (χ3n) is 8.31. The normalized spacial score (nSPS) is 15.6. The molecule has 3 aromatic carbocycles. The summed E-state index contributed by atoms with van der Waals surface area (Å²) >= 11 is 5.61. The van der Waals surface area contributed by atoms with Gasteiger partial charge in [-0.1, -0.05) is 59.1 Å². The highest BCUT2D eigenvalue weighted by atomic mass is 35.5. The molecule has 46 heavy (non-hydrogen) atoms. The Morgan fingerprint density at radius 3 is 2.43 bits per heavy atom. The Balaban J connectivity index is 0.000000455. The van der Waals surface area contributed by atoms with Crippen LogP contribution in [0.15, 0.2) is 93.7 Å². The number of aryl methyl sites for hydroxylation is 1. The highest BCUT2D eigenvalue weighted by Gasteiger charge is 2.22. The van der Waals surface area contributed by atoms with Crippen LogP contribution in [0.5, 0.6) is 5.75 Å². The van der Waals surface area contributed by atoms with Gasteiger partial charge in [0.25, 0.3) is 5.91 Å². The lowest BCUT2D eigenvalue weighted by atomic mass is 9.99. The van der Waals surface area contributed by atoms with E-state index >= 15 is 0 Å². The van der Waals surface area contributed by atoms with Crippen LogP contribution in [-0.4, -0.2) is 47.5 Å². The number of halogens is 1. The van der Waals surface area contributed by atoms with Crippen LogP contribution in [0.1, 0.15) is 60.7 Å². The van der Waals surface area contributed by atoms with Crippen LogP contribution in [0.4, 0.5) is 5.69 Å². The number of hydrogen-bond donors (Lipinski definition) is 2. The Morgan fingerprint density at radius 2 is 1.72 bits per heavy atom. The Bertz CT molecular complexity index is 1750. The van der Waals surface area contributed by atoms with Crippen LogP contribution in [0.3, 0.4) is 0 Å². The highest BCUT2D eigenvalue weighted by molar-refractivity contribution is 6.30. The maximum Gasteiger partial charge on any atom is 0.287 e. The molecule has 2 fully saturated rings. The number of rotatable bonds is 6. The molecule has 2 aliphatic rings. The molecule has 1 aromatic heterocycles. The first-order valence-corrected chi connectivity index (χ1v) is 16.1. The second-order valence-corrected chi connectivity index (χ2v) is 12.4. The molecule has 2 aliphatic heterocycles. The number of carbonyl (C=O) groups is 2. The van der Waals surface area contributed by atoms with Crippen molar-refractivity contribution >= 4 is 40.1 Å². The van der Waals surface area contributed by atoms with E-state index in [1.54, 1.807) is 0 Å². The molecule has 8 nitrogen and oxygen atoms in total. The number of hydrogen-bond acceptors (Lipinski definition) is 6. The first kappa shape index (κ1) is 32.8. The fourth-order valence-corrected chi connectivity index (χ4v) is 5.98. The van der Waals surface area contributed by atoms with E-state index in [-0.39, 0.29) is 34.5 Å². The smallest absolute Gasteiger partial charge is 0.287 e. The molecule has 0 radical (unpaired) electrons. The molecule has 3 heterocycles. The fraction of sp³-hybridized carbons (Fsp3) is 0.324. The number of phenols is 1. The van der Waals surface area contributed by atoms with E-state index in [1.807, 2.05) is 55.1 Å². The molecule has 2 amide bonds. The number of para-hydroxylation sites is 1. The van der Waals surface area contributed by atoms with Crippen molar-refractivity contribution in [1.82, 2.24) is 10.2 Å². The molecule has 0 saturated carbocycles. The van der Waals surface area contributed by atoms with Crippen molar-refractivity contribution in [3.63, 3.8) is 0 Å². The molecular formula is C37H40ClN3O5. The number of likely N-dealkylation sites (tertiary alicyclic amines) is 1. The molecule has 1 atom stereocenters. The molecule has 2 N–H and O–H groups in total. The largest absolute Gasteiger partial charge is 0.508 e. The van der Waals surface area contributed by atoms with Crippen LogP contribution < -0.4 is 15.6 Å². The Kier molecular flexibility index (Phi) is 10.8. The minimum atomic E-state index is -0.477. The number of piperidine rings is 2. The van der Waals surface area contributed by atoms with Gasteiger partial charge >= 0.3 is 0 Å². The summed E-state index contributed by atoms with van der Waals surface area (Å²) in [5.74, 6) is -0.357. The number of nitrogens with one attached hydrogen (secondary N) is 1. The highest BCUT2D eigenvalue weighted by Crippen LogP contribution is 2.28. The van der Waals surface area contributed by atoms with Crippen molar-refractivity contribution < 1.29 is 19.1 Å². The van der Waals surface area contributed by atoms with Crippen LogP contribution in [0.2, 0.25) is 5.02 Å². The molecule has 1 unspecified atom stereocenters. The minimum absolute atomic E-state index is 0.0368. The van der Waals surface area contributed by atoms with Gasteiger partial charge in [-0.25, -0.2) is 0 Å². The second kappa shape index (κ2) is 15.1. The molecule has 0 spiro atoms. The summed E-state index contributed by atoms with van der Waals surface area (Å²) in [7, 11) is 0. The molecule has 9 heteroatoms. The van der Waals surface area contributed by atoms with Crippen LogP contribution in [-0.2, 0) is 11.3 Å². The standard InChI is InChI=1S/C30H33N3O5.C7H7Cl/c1-20(31-30(37)28-18-26(35)24-10-9-23(34)17-27(24)38-28)16-21-11-14-32(15-12-21)25-7-3-2-6-22(25)19-33-13-5-4-8-29(33)36;1-6-2-4-7(8)5-3-6/h2-3,6-7,9-10,16-18,20,34H,4-5,8,11-15,19H2,1H3,(H,31,37);2-5H,1H3. The average Bonchev–Trinajstić information content (AvgIpc) is 3.04. The molecule has 0 bridgehead atoms. The van der Waals surface area contributed by atoms with E-state index in [0.717, 1.165) is 50.3 Å². The maximum absolute atomic E-state index is 12.8. The van der Waals surface area contributed by atoms with Crippen LogP contribution in [0.25, 0.3) is 11.0 Å². The molecule has 6 rings (SSSR count). The zero-order chi connectivity index (χ0) is 32.6. The van der Waals surface area contributed by atoms with Crippen molar-refractivity contribution in [3.8, 4) is 5.75 Å². The SMILES string of the molecule is CC(C=C1CCN(c2ccccc2CN2CCCCC2=O)CC1)NC(=O)c1cc(=O)c2ccc(O)cc2o1.Cc1ccc(Cl)cc1. The van der Waals surface area contributed by atoms with Gasteiger partial charge in [-0.3, -0.25) is 14.4 Å². The molecular weight excluding hydrogens is 602 g/mol. The van der Waals surface area contributed by atoms with Gasteiger partial charge in [0, 0.05) is 61.5 Å². The molecule has 4 aromatic rings. The predicted octanol–water partition coefficient (Wildman–Crippen LogP) is 7.00. The summed E-state index contributed by atoms with van der Waals surface area (Å²) in [5.41, 5.74) is 4.72. The number of benzene rings is 3. The van der Waals surface area contributed by atoms with E-state index in [9.17, 15) is 19.5 Å². The van der Waals surface area contributed by atoms with Crippen LogP contribution in [0, 0.1) is 6.92 Å². The summed E-state index contributed by atoms with van der Waals surface area (Å²) < 4.78 is 5.59. The van der Waals surface area contributed by atoms with Crippen molar-refractivity contribution in [1.29, 1.82) is 0 Å². The van der Waals surface area contributed by atoms with Crippen molar-refractivity contribution in [3.05, 3.63) is 117 Å². The quantitative estimate of drug-likeness (QED) is 0.220. The van der Waals surface area contributed by atoms with E-state index in [4.69, 9.17) is 16.0 Å². The van der Waals surface area contributed by atoms with Gasteiger partial charge in [0.05, 0.1) is 5.39 Å². The Morgan fingerprint density at radius 1 is 0.978 bits per heavy atom. The first-order valence-electron chi connectivity index (χ1n) is 15.8. The topological polar surface area (TPSA) is 103 Å². The number of aromatic hydroxyl groups is 1. The van der Waals surface area contributed by atoms with E-state index in [1.165, 1.54) is 46.7 Å². The number of anilines is 1. The summed E-state index contributed by atoms with van der Waals surface area (Å²) in [6.07, 6.45) is 6.52. The molecule has 2 saturated heterocycles. The van der Waals surface area contributed by atoms with Crippen molar-refractivity contribution in [2.75, 3.05) is 24.5 Å². The maximum atomic E-state index is 12.8. The van der Waals surface area contributed by atoms with Gasteiger partial charge in [0.2, 0.25) is 5.91 Å². The lowest BCUT2D eigenvalue weighted by Gasteiger charge is -2.34. The number of fused-ring (bicyclic) bond motifs is 1. The monoisotopic (exact) mass is 641 g/mol. The summed E-state index contributed by atoms with van der Waals surface area (Å²) in [5, 5.41) is 13.7. The van der Waals surface area contributed by atoms with Crippen LogP contribution >= 0.6 is 11.6 Å². The third kappa shape index (κ3) is 8.57. The first-order chi connectivity index (χ1) is 22.2. The van der Waals surface area contributed by atoms with Crippen molar-refractivity contribution in [2.24, 2.45) is 0 Å². The zero-order valence-electron chi connectivity index (χ0n) is 26.3. The number of phenolic OH excluding ortho intramolecular Hbond substituents is 1. The summed E-state index contributed by atoms with van der Waals surface area (Å²) in [6, 6.07) is 21.2. The molecule has 0 aliphatic carbocycles. The zero-order valence-corrected chi connectivity index (χ0v) is 27.1. The van der Waals surface area contributed by atoms with E-state index in [2.05, 4.69) is 28.4 Å². The molecule has 240 valence electrons. The van der Waals surface area contributed by atoms with Gasteiger partial charge in [0.1, 0.15) is 11.3 Å². The average molecular weight is 642 g/mol. The number of amides is 2. The van der Waals surface area contributed by atoms with Gasteiger partial charge < -0.3 is 24.6 Å². The summed E-state index contributed by atoms with van der Waals surface area (Å²) in [6.45, 7) is 7.14. The lowest BCUT2D eigenvalue weighted by molar-refractivity contribution is -0.133.